The molecule has 1 radical (unpaired) electrons. The van der Waals surface area contributed by atoms with Crippen LogP contribution in [0.4, 0.5) is 11.4 Å². The number of rotatable bonds is 4. The Kier molecular flexibility index (Phi) is 11.1. The van der Waals surface area contributed by atoms with Crippen molar-refractivity contribution in [2.75, 3.05) is 0 Å². The van der Waals surface area contributed by atoms with Gasteiger partial charge in [-0.2, -0.15) is 0 Å². The number of hydrogen-bond acceptors (Lipinski definition) is 4. The van der Waals surface area contributed by atoms with Gasteiger partial charge >= 0.3 is 17.1 Å². The molecule has 4 nitrogen and oxygen atoms in total. The van der Waals surface area contributed by atoms with Gasteiger partial charge in [0.1, 0.15) is 0 Å². The van der Waals surface area contributed by atoms with Crippen molar-refractivity contribution in [3.8, 4) is 11.5 Å². The van der Waals surface area contributed by atoms with E-state index < -0.39 is 0 Å². The van der Waals surface area contributed by atoms with E-state index in [-0.39, 0.29) is 28.6 Å². The Balaban J connectivity index is 0.000000227. The van der Waals surface area contributed by atoms with Crippen molar-refractivity contribution in [1.82, 2.24) is 0 Å². The van der Waals surface area contributed by atoms with Gasteiger partial charge in [0.25, 0.3) is 0 Å². The molecule has 0 aliphatic carbocycles. The molecule has 0 amide bonds. The molecule has 0 unspecified atom stereocenters. The monoisotopic (exact) mass is 611 g/mol. The molecule has 4 aromatic rings. The average molecular weight is 614 g/mol. The van der Waals surface area contributed by atoms with E-state index in [2.05, 4.69) is 41.8 Å². The first kappa shape index (κ1) is 26.6. The molecule has 4 rings (SSSR count). The van der Waals surface area contributed by atoms with Crippen LogP contribution in [0.25, 0.3) is 0 Å². The van der Waals surface area contributed by atoms with E-state index in [0.29, 0.717) is 11.1 Å². The van der Waals surface area contributed by atoms with Gasteiger partial charge in [-0.25, -0.2) is 0 Å². The van der Waals surface area contributed by atoms with Gasteiger partial charge in [0.15, 0.2) is 0 Å². The third-order valence-corrected chi connectivity index (χ3v) is 5.25. The van der Waals surface area contributed by atoms with Crippen LogP contribution in [-0.2, 0) is 17.1 Å². The second-order valence-corrected chi connectivity index (χ2v) is 8.38. The molecule has 7 heteroatoms. The van der Waals surface area contributed by atoms with Crippen molar-refractivity contribution in [3.63, 3.8) is 0 Å². The second kappa shape index (κ2) is 13.8. The van der Waals surface area contributed by atoms with Gasteiger partial charge in [-0.1, -0.05) is 80.4 Å². The molecule has 0 aliphatic rings. The van der Waals surface area contributed by atoms with Crippen molar-refractivity contribution in [3.05, 3.63) is 117 Å². The largest absolute Gasteiger partial charge is 2.00 e. The van der Waals surface area contributed by atoms with Crippen LogP contribution in [0.15, 0.2) is 116 Å². The van der Waals surface area contributed by atoms with Gasteiger partial charge in [0.2, 0.25) is 0 Å². The quantitative estimate of drug-likeness (QED) is 0.194. The van der Waals surface area contributed by atoms with Crippen LogP contribution in [0.2, 0.25) is 0 Å². The van der Waals surface area contributed by atoms with Gasteiger partial charge in [-0.15, -0.1) is 11.5 Å². The topological polar surface area (TPSA) is 70.8 Å². The van der Waals surface area contributed by atoms with Crippen molar-refractivity contribution >= 4 is 55.7 Å². The summed E-state index contributed by atoms with van der Waals surface area (Å²) in [7, 11) is 0. The molecule has 0 aromatic heterocycles. The van der Waals surface area contributed by atoms with Crippen molar-refractivity contribution < 1.29 is 27.3 Å². The normalized spacial score (nSPS) is 10.5. The molecule has 0 bridgehead atoms. The van der Waals surface area contributed by atoms with Crippen LogP contribution in [0.1, 0.15) is 11.1 Å². The fourth-order valence-corrected chi connectivity index (χ4v) is 3.05. The number of para-hydroxylation sites is 2. The van der Waals surface area contributed by atoms with Crippen LogP contribution < -0.4 is 10.2 Å². The molecule has 0 N–H and O–H groups in total. The van der Waals surface area contributed by atoms with E-state index in [9.17, 15) is 10.2 Å². The SMILES string of the molecule is [Cu+2].[O-]c1ccccc1C=Nc1ccc(Br)cc1.[O-]c1ccccc1C=Nc1ccc(Br)cc1. The summed E-state index contributed by atoms with van der Waals surface area (Å²) in [6, 6.07) is 28.8. The van der Waals surface area contributed by atoms with E-state index >= 15 is 0 Å². The Morgan fingerprint density at radius 1 is 0.515 bits per heavy atom. The number of halogens is 2. The molecule has 0 atom stereocenters. The van der Waals surface area contributed by atoms with E-state index in [1.807, 2.05) is 60.7 Å². The first-order valence-electron chi connectivity index (χ1n) is 9.62. The van der Waals surface area contributed by atoms with Crippen LogP contribution >= 0.6 is 31.9 Å². The Morgan fingerprint density at radius 2 is 0.848 bits per heavy atom. The zero-order chi connectivity index (χ0) is 22.8. The van der Waals surface area contributed by atoms with E-state index in [4.69, 9.17) is 0 Å². The maximum atomic E-state index is 11.4. The van der Waals surface area contributed by atoms with E-state index in [1.54, 1.807) is 36.7 Å². The molecule has 0 heterocycles. The van der Waals surface area contributed by atoms with Gasteiger partial charge < -0.3 is 10.2 Å². The molecule has 33 heavy (non-hydrogen) atoms. The Labute approximate surface area is 220 Å². The molecule has 0 saturated carbocycles. The Hall–Kier alpha value is -2.70. The second-order valence-electron chi connectivity index (χ2n) is 6.54. The zero-order valence-electron chi connectivity index (χ0n) is 17.2. The summed E-state index contributed by atoms with van der Waals surface area (Å²) >= 11 is 6.70. The predicted molar refractivity (Wildman–Crippen MR) is 135 cm³/mol. The molecule has 0 fully saturated rings. The first-order valence-corrected chi connectivity index (χ1v) is 11.2. The third kappa shape index (κ3) is 8.98. The Bertz CT molecular complexity index is 1110. The number of hydrogen-bond donors (Lipinski definition) is 0. The van der Waals surface area contributed by atoms with Crippen LogP contribution in [-0.4, -0.2) is 12.4 Å². The summed E-state index contributed by atoms with van der Waals surface area (Å²) < 4.78 is 2.02. The fraction of sp³-hybridized carbons (Fsp3) is 0. The molecule has 0 saturated heterocycles. The smallest absolute Gasteiger partial charge is 0.872 e. The van der Waals surface area contributed by atoms with Gasteiger partial charge in [0.05, 0.1) is 11.4 Å². The molecule has 0 aliphatic heterocycles. The van der Waals surface area contributed by atoms with Crippen LogP contribution in [0.3, 0.4) is 0 Å². The summed E-state index contributed by atoms with van der Waals surface area (Å²) in [6.07, 6.45) is 3.18. The van der Waals surface area contributed by atoms with Crippen molar-refractivity contribution in [1.29, 1.82) is 0 Å². The van der Waals surface area contributed by atoms with Crippen LogP contribution in [0, 0.1) is 0 Å². The summed E-state index contributed by atoms with van der Waals surface area (Å²) in [5.74, 6) is -0.0216. The maximum Gasteiger partial charge on any atom is 2.00 e. The minimum Gasteiger partial charge on any atom is -0.872 e. The van der Waals surface area contributed by atoms with Crippen molar-refractivity contribution in [2.24, 2.45) is 9.98 Å². The van der Waals surface area contributed by atoms with Crippen LogP contribution in [0.5, 0.6) is 11.5 Å². The number of aliphatic imine (C=N–C) groups is 2. The minimum absolute atomic E-state index is 0. The average Bonchev–Trinajstić information content (AvgIpc) is 2.81. The Morgan fingerprint density at radius 3 is 1.18 bits per heavy atom. The zero-order valence-corrected chi connectivity index (χ0v) is 21.3. The summed E-state index contributed by atoms with van der Waals surface area (Å²) in [5.41, 5.74) is 2.86. The molecule has 169 valence electrons. The first-order chi connectivity index (χ1) is 15.5. The third-order valence-electron chi connectivity index (χ3n) is 4.20. The van der Waals surface area contributed by atoms with Gasteiger partial charge in [-0.05, 0) is 59.7 Å². The molecule has 4 aromatic carbocycles. The summed E-state index contributed by atoms with van der Waals surface area (Å²) in [6.45, 7) is 0. The van der Waals surface area contributed by atoms with E-state index in [0.717, 1.165) is 20.3 Å². The molecular formula is C26H18Br2CuN2O2. The number of benzene rings is 4. The summed E-state index contributed by atoms with van der Waals surface area (Å²) in [5, 5.41) is 22.8. The van der Waals surface area contributed by atoms with Gasteiger partial charge in [-0.3, -0.25) is 9.98 Å². The van der Waals surface area contributed by atoms with Crippen molar-refractivity contribution in [2.45, 2.75) is 0 Å². The standard InChI is InChI=1S/2C13H10BrNO.Cu/c2*14-11-5-7-12(8-6-11)15-9-10-3-1-2-4-13(10)16;/h2*1-9,16H;/q;;+2/p-2. The van der Waals surface area contributed by atoms with Gasteiger partial charge in [0, 0.05) is 21.4 Å². The fourth-order valence-electron chi connectivity index (χ4n) is 2.52. The molecular weight excluding hydrogens is 596 g/mol. The van der Waals surface area contributed by atoms with E-state index in [1.165, 1.54) is 12.1 Å². The predicted octanol–water partition coefficient (Wildman–Crippen LogP) is 6.54. The minimum atomic E-state index is -0.0108. The maximum absolute atomic E-state index is 11.4. The molecule has 0 spiro atoms. The summed E-state index contributed by atoms with van der Waals surface area (Å²) in [4.78, 5) is 8.47. The number of nitrogens with zero attached hydrogens (tertiary/aromatic N) is 2.